The number of benzene rings is 2. The standard InChI is InChI=1S/C15H13NO3/c17-15(18)14-10-16(11-6-2-1-3-7-11)12-8-4-5-9-13(12)19-14/h1-9,14H,10H2,(H,17,18). The minimum atomic E-state index is -0.949. The van der Waals surface area contributed by atoms with Crippen molar-refractivity contribution in [3.8, 4) is 5.75 Å². The van der Waals surface area contributed by atoms with Gasteiger partial charge >= 0.3 is 5.97 Å². The number of carboxylic acid groups (broad SMARTS) is 1. The Bertz CT molecular complexity index is 597. The van der Waals surface area contributed by atoms with E-state index in [-0.39, 0.29) is 0 Å². The molecule has 0 fully saturated rings. The molecule has 0 radical (unpaired) electrons. The first-order valence-electron chi connectivity index (χ1n) is 6.07. The predicted octanol–water partition coefficient (Wildman–Crippen LogP) is 2.67. The highest BCUT2D eigenvalue weighted by atomic mass is 16.5. The topological polar surface area (TPSA) is 49.8 Å². The van der Waals surface area contributed by atoms with E-state index in [1.165, 1.54) is 0 Å². The SMILES string of the molecule is O=C(O)C1CN(c2ccccc2)c2ccccc2O1. The summed E-state index contributed by atoms with van der Waals surface area (Å²) < 4.78 is 5.50. The monoisotopic (exact) mass is 255 g/mol. The molecule has 0 bridgehead atoms. The third kappa shape index (κ3) is 2.12. The van der Waals surface area contributed by atoms with E-state index in [4.69, 9.17) is 4.74 Å². The van der Waals surface area contributed by atoms with E-state index in [2.05, 4.69) is 0 Å². The van der Waals surface area contributed by atoms with Crippen LogP contribution in [0.1, 0.15) is 0 Å². The summed E-state index contributed by atoms with van der Waals surface area (Å²) in [6, 6.07) is 17.2. The average Bonchev–Trinajstić information content (AvgIpc) is 2.47. The Morgan fingerprint density at radius 2 is 1.79 bits per heavy atom. The first-order chi connectivity index (χ1) is 9.25. The third-order valence-corrected chi connectivity index (χ3v) is 3.12. The van der Waals surface area contributed by atoms with Gasteiger partial charge in [0.2, 0.25) is 6.10 Å². The van der Waals surface area contributed by atoms with Gasteiger partial charge in [-0.3, -0.25) is 0 Å². The van der Waals surface area contributed by atoms with Crippen LogP contribution in [0.3, 0.4) is 0 Å². The second kappa shape index (κ2) is 4.65. The van der Waals surface area contributed by atoms with Gasteiger partial charge < -0.3 is 14.7 Å². The molecular formula is C15H13NO3. The third-order valence-electron chi connectivity index (χ3n) is 3.12. The summed E-state index contributed by atoms with van der Waals surface area (Å²) in [6.07, 6.45) is -0.852. The van der Waals surface area contributed by atoms with Crippen molar-refractivity contribution in [2.24, 2.45) is 0 Å². The zero-order valence-electron chi connectivity index (χ0n) is 10.2. The fraction of sp³-hybridized carbons (Fsp3) is 0.133. The zero-order valence-corrected chi connectivity index (χ0v) is 10.2. The van der Waals surface area contributed by atoms with Gasteiger partial charge in [-0.05, 0) is 24.3 Å². The average molecular weight is 255 g/mol. The fourth-order valence-electron chi connectivity index (χ4n) is 2.22. The van der Waals surface area contributed by atoms with Crippen LogP contribution in [0.4, 0.5) is 11.4 Å². The van der Waals surface area contributed by atoms with Crippen molar-refractivity contribution in [2.45, 2.75) is 6.10 Å². The molecule has 3 rings (SSSR count). The van der Waals surface area contributed by atoms with Crippen molar-refractivity contribution in [3.63, 3.8) is 0 Å². The molecular weight excluding hydrogens is 242 g/mol. The Morgan fingerprint density at radius 3 is 2.53 bits per heavy atom. The van der Waals surface area contributed by atoms with Crippen molar-refractivity contribution in [1.29, 1.82) is 0 Å². The lowest BCUT2D eigenvalue weighted by atomic mass is 10.1. The number of carbonyl (C=O) groups is 1. The van der Waals surface area contributed by atoms with Gasteiger partial charge in [0.05, 0.1) is 12.2 Å². The van der Waals surface area contributed by atoms with Crippen LogP contribution in [0.25, 0.3) is 0 Å². The minimum Gasteiger partial charge on any atom is -0.478 e. The van der Waals surface area contributed by atoms with E-state index in [9.17, 15) is 9.90 Å². The van der Waals surface area contributed by atoms with Crippen LogP contribution in [-0.4, -0.2) is 23.7 Å². The molecule has 0 saturated carbocycles. The predicted molar refractivity (Wildman–Crippen MR) is 71.9 cm³/mol. The van der Waals surface area contributed by atoms with E-state index in [1.807, 2.05) is 53.4 Å². The molecule has 1 unspecified atom stereocenters. The number of para-hydroxylation sites is 3. The smallest absolute Gasteiger partial charge is 0.346 e. The highest BCUT2D eigenvalue weighted by Crippen LogP contribution is 2.37. The normalized spacial score (nSPS) is 17.5. The lowest BCUT2D eigenvalue weighted by Gasteiger charge is -2.34. The number of hydrogen-bond donors (Lipinski definition) is 1. The van der Waals surface area contributed by atoms with Gasteiger partial charge in [-0.25, -0.2) is 4.79 Å². The highest BCUT2D eigenvalue weighted by Gasteiger charge is 2.30. The summed E-state index contributed by atoms with van der Waals surface area (Å²) in [4.78, 5) is 13.2. The zero-order chi connectivity index (χ0) is 13.2. The van der Waals surface area contributed by atoms with Crippen molar-refractivity contribution < 1.29 is 14.6 Å². The largest absolute Gasteiger partial charge is 0.478 e. The maximum absolute atomic E-state index is 11.2. The summed E-state index contributed by atoms with van der Waals surface area (Å²) in [5.41, 5.74) is 1.86. The summed E-state index contributed by atoms with van der Waals surface area (Å²) in [7, 11) is 0. The number of rotatable bonds is 2. The van der Waals surface area contributed by atoms with Crippen molar-refractivity contribution in [2.75, 3.05) is 11.4 Å². The molecule has 1 aliphatic rings. The van der Waals surface area contributed by atoms with Crippen LogP contribution < -0.4 is 9.64 Å². The van der Waals surface area contributed by atoms with Gasteiger partial charge in [-0.2, -0.15) is 0 Å². The molecule has 0 aliphatic carbocycles. The number of anilines is 2. The molecule has 19 heavy (non-hydrogen) atoms. The van der Waals surface area contributed by atoms with Gasteiger partial charge in [0.1, 0.15) is 5.75 Å². The summed E-state index contributed by atoms with van der Waals surface area (Å²) in [6.45, 7) is 0.302. The molecule has 96 valence electrons. The minimum absolute atomic E-state index is 0.302. The molecule has 1 atom stereocenters. The number of nitrogens with zero attached hydrogens (tertiary/aromatic N) is 1. The van der Waals surface area contributed by atoms with Gasteiger partial charge in [0.25, 0.3) is 0 Å². The summed E-state index contributed by atoms with van der Waals surface area (Å²) in [5, 5.41) is 9.18. The maximum Gasteiger partial charge on any atom is 0.346 e. The summed E-state index contributed by atoms with van der Waals surface area (Å²) >= 11 is 0. The highest BCUT2D eigenvalue weighted by molar-refractivity contribution is 5.79. The molecule has 0 spiro atoms. The number of aliphatic carboxylic acids is 1. The molecule has 2 aromatic rings. The first kappa shape index (κ1) is 11.6. The number of carboxylic acids is 1. The van der Waals surface area contributed by atoms with Gasteiger partial charge in [0, 0.05) is 5.69 Å². The molecule has 4 nitrogen and oxygen atoms in total. The number of ether oxygens (including phenoxy) is 1. The second-order valence-corrected chi connectivity index (χ2v) is 4.36. The first-order valence-corrected chi connectivity index (χ1v) is 6.07. The quantitative estimate of drug-likeness (QED) is 0.896. The maximum atomic E-state index is 11.2. The Morgan fingerprint density at radius 1 is 1.11 bits per heavy atom. The molecule has 1 aliphatic heterocycles. The Labute approximate surface area is 110 Å². The van der Waals surface area contributed by atoms with E-state index in [0.29, 0.717) is 12.3 Å². The van der Waals surface area contributed by atoms with Crippen LogP contribution in [-0.2, 0) is 4.79 Å². The van der Waals surface area contributed by atoms with Crippen LogP contribution in [0, 0.1) is 0 Å². The van der Waals surface area contributed by atoms with Crippen LogP contribution in [0.5, 0.6) is 5.75 Å². The van der Waals surface area contributed by atoms with E-state index in [0.717, 1.165) is 11.4 Å². The second-order valence-electron chi connectivity index (χ2n) is 4.36. The lowest BCUT2D eigenvalue weighted by Crippen LogP contribution is -2.42. The molecule has 0 saturated heterocycles. The van der Waals surface area contributed by atoms with Gasteiger partial charge in [-0.1, -0.05) is 30.3 Å². The Hall–Kier alpha value is -2.49. The van der Waals surface area contributed by atoms with Crippen LogP contribution >= 0.6 is 0 Å². The van der Waals surface area contributed by atoms with Crippen molar-refractivity contribution in [1.82, 2.24) is 0 Å². The van der Waals surface area contributed by atoms with Crippen LogP contribution in [0.2, 0.25) is 0 Å². The Balaban J connectivity index is 2.06. The van der Waals surface area contributed by atoms with Crippen molar-refractivity contribution >= 4 is 17.3 Å². The van der Waals surface area contributed by atoms with Gasteiger partial charge in [0.15, 0.2) is 0 Å². The van der Waals surface area contributed by atoms with E-state index < -0.39 is 12.1 Å². The number of hydrogen-bond acceptors (Lipinski definition) is 3. The molecule has 0 aromatic heterocycles. The number of fused-ring (bicyclic) bond motifs is 1. The lowest BCUT2D eigenvalue weighted by molar-refractivity contribution is -0.144. The molecule has 1 N–H and O–H groups in total. The summed E-state index contributed by atoms with van der Waals surface area (Å²) in [5.74, 6) is -0.347. The van der Waals surface area contributed by atoms with E-state index in [1.54, 1.807) is 6.07 Å². The Kier molecular flexibility index (Phi) is 2.83. The molecule has 1 heterocycles. The van der Waals surface area contributed by atoms with E-state index >= 15 is 0 Å². The molecule has 4 heteroatoms. The van der Waals surface area contributed by atoms with Crippen LogP contribution in [0.15, 0.2) is 54.6 Å². The molecule has 2 aromatic carbocycles. The van der Waals surface area contributed by atoms with Gasteiger partial charge in [-0.15, -0.1) is 0 Å². The fourth-order valence-corrected chi connectivity index (χ4v) is 2.22. The molecule has 0 amide bonds. The van der Waals surface area contributed by atoms with Crippen molar-refractivity contribution in [3.05, 3.63) is 54.6 Å².